The van der Waals surface area contributed by atoms with Crippen LogP contribution in [0.15, 0.2) is 12.1 Å². The summed E-state index contributed by atoms with van der Waals surface area (Å²) < 4.78 is 13.2. The van der Waals surface area contributed by atoms with E-state index in [0.29, 0.717) is 10.6 Å². The van der Waals surface area contributed by atoms with Gasteiger partial charge in [0.05, 0.1) is 0 Å². The minimum Gasteiger partial charge on any atom is -0.207 e. The third kappa shape index (κ3) is 3.30. The molecular formula is C12H18ClF. The van der Waals surface area contributed by atoms with Gasteiger partial charge in [-0.15, -0.1) is 0 Å². The Bertz CT molecular complexity index is 293. The first-order valence-corrected chi connectivity index (χ1v) is 5.35. The molecule has 0 saturated heterocycles. The largest absolute Gasteiger partial charge is 0.207 e. The van der Waals surface area contributed by atoms with Gasteiger partial charge in [0.15, 0.2) is 0 Å². The minimum absolute atomic E-state index is 0.160. The summed E-state index contributed by atoms with van der Waals surface area (Å²) in [6, 6.07) is 3.19. The van der Waals surface area contributed by atoms with Crippen molar-refractivity contribution >= 4 is 11.6 Å². The number of hydrogen-bond donors (Lipinski definition) is 0. The fourth-order valence-corrected chi connectivity index (χ4v) is 1.28. The van der Waals surface area contributed by atoms with Crippen molar-refractivity contribution in [2.24, 2.45) is 0 Å². The highest BCUT2D eigenvalue weighted by Crippen LogP contribution is 2.25. The normalized spacial score (nSPS) is 9.71. The van der Waals surface area contributed by atoms with Crippen molar-refractivity contribution in [1.29, 1.82) is 0 Å². The van der Waals surface area contributed by atoms with Crippen LogP contribution in [0, 0.1) is 12.7 Å². The Morgan fingerprint density at radius 2 is 1.71 bits per heavy atom. The van der Waals surface area contributed by atoms with Gasteiger partial charge in [0.25, 0.3) is 0 Å². The molecule has 0 radical (unpaired) electrons. The molecule has 0 spiro atoms. The summed E-state index contributed by atoms with van der Waals surface area (Å²) in [6.07, 6.45) is 0. The number of rotatable bonds is 1. The molecule has 0 N–H and O–H groups in total. The Hall–Kier alpha value is -0.560. The van der Waals surface area contributed by atoms with Gasteiger partial charge >= 0.3 is 0 Å². The lowest BCUT2D eigenvalue weighted by molar-refractivity contribution is 0.597. The average molecular weight is 217 g/mol. The fraction of sp³-hybridized carbons (Fsp3) is 0.500. The van der Waals surface area contributed by atoms with Crippen molar-refractivity contribution in [3.63, 3.8) is 0 Å². The van der Waals surface area contributed by atoms with Crippen LogP contribution in [-0.2, 0) is 0 Å². The lowest BCUT2D eigenvalue weighted by atomic mass is 10.0. The Kier molecular flexibility index (Phi) is 5.78. The van der Waals surface area contributed by atoms with Crippen LogP contribution in [0.5, 0.6) is 0 Å². The smallest absolute Gasteiger partial charge is 0.127 e. The second kappa shape index (κ2) is 6.02. The monoisotopic (exact) mass is 216 g/mol. The van der Waals surface area contributed by atoms with Crippen LogP contribution in [-0.4, -0.2) is 0 Å². The second-order valence-electron chi connectivity index (χ2n) is 3.28. The third-order valence-corrected chi connectivity index (χ3v) is 2.31. The molecule has 0 amide bonds. The molecule has 0 saturated carbocycles. The molecule has 1 aromatic carbocycles. The zero-order chi connectivity index (χ0) is 11.3. The summed E-state index contributed by atoms with van der Waals surface area (Å²) in [6.45, 7) is 9.70. The molecule has 2 heteroatoms. The summed E-state index contributed by atoms with van der Waals surface area (Å²) in [7, 11) is 0. The van der Waals surface area contributed by atoms with E-state index >= 15 is 0 Å². The summed E-state index contributed by atoms with van der Waals surface area (Å²) in [5.41, 5.74) is 1.48. The van der Waals surface area contributed by atoms with Crippen LogP contribution in [0.1, 0.15) is 44.7 Å². The molecule has 14 heavy (non-hydrogen) atoms. The van der Waals surface area contributed by atoms with Crippen LogP contribution < -0.4 is 0 Å². The number of benzene rings is 1. The first kappa shape index (κ1) is 13.4. The quantitative estimate of drug-likeness (QED) is 0.624. The summed E-state index contributed by atoms with van der Waals surface area (Å²) >= 11 is 5.86. The van der Waals surface area contributed by atoms with Gasteiger partial charge in [-0.25, -0.2) is 4.39 Å². The van der Waals surface area contributed by atoms with Gasteiger partial charge in [-0.3, -0.25) is 0 Å². The highest BCUT2D eigenvalue weighted by atomic mass is 35.5. The molecule has 0 heterocycles. The van der Waals surface area contributed by atoms with E-state index in [2.05, 4.69) is 0 Å². The van der Waals surface area contributed by atoms with Gasteiger partial charge in [0.2, 0.25) is 0 Å². The molecule has 0 unspecified atom stereocenters. The Balaban J connectivity index is 0.000000791. The van der Waals surface area contributed by atoms with Crippen LogP contribution >= 0.6 is 11.6 Å². The average Bonchev–Trinajstić information content (AvgIpc) is 2.14. The lowest BCUT2D eigenvalue weighted by Gasteiger charge is -2.08. The maximum absolute atomic E-state index is 13.2. The van der Waals surface area contributed by atoms with Crippen molar-refractivity contribution in [2.75, 3.05) is 0 Å². The second-order valence-corrected chi connectivity index (χ2v) is 3.68. The molecule has 0 aliphatic carbocycles. The molecule has 0 aromatic heterocycles. The zero-order valence-corrected chi connectivity index (χ0v) is 10.2. The van der Waals surface area contributed by atoms with E-state index in [-0.39, 0.29) is 11.7 Å². The fourth-order valence-electron chi connectivity index (χ4n) is 1.10. The number of halogens is 2. The van der Waals surface area contributed by atoms with Crippen molar-refractivity contribution in [3.05, 3.63) is 34.1 Å². The van der Waals surface area contributed by atoms with Crippen LogP contribution in [0.3, 0.4) is 0 Å². The van der Waals surface area contributed by atoms with Crippen molar-refractivity contribution in [3.8, 4) is 0 Å². The summed E-state index contributed by atoms with van der Waals surface area (Å²) in [5, 5.41) is 0.639. The van der Waals surface area contributed by atoms with E-state index in [1.807, 2.05) is 27.7 Å². The number of hydrogen-bond acceptors (Lipinski definition) is 0. The number of aryl methyl sites for hydroxylation is 1. The van der Waals surface area contributed by atoms with Gasteiger partial charge in [-0.1, -0.05) is 39.3 Å². The Morgan fingerprint density at radius 3 is 2.14 bits per heavy atom. The Morgan fingerprint density at radius 1 is 1.21 bits per heavy atom. The van der Waals surface area contributed by atoms with E-state index < -0.39 is 0 Å². The zero-order valence-electron chi connectivity index (χ0n) is 9.49. The molecule has 0 atom stereocenters. The highest BCUT2D eigenvalue weighted by molar-refractivity contribution is 6.31. The van der Waals surface area contributed by atoms with Crippen LogP contribution in [0.4, 0.5) is 4.39 Å². The third-order valence-electron chi connectivity index (χ3n) is 1.90. The van der Waals surface area contributed by atoms with Crippen molar-refractivity contribution in [1.82, 2.24) is 0 Å². The van der Waals surface area contributed by atoms with Gasteiger partial charge in [-0.2, -0.15) is 0 Å². The summed E-state index contributed by atoms with van der Waals surface area (Å²) in [5.74, 6) is 0.0231. The van der Waals surface area contributed by atoms with E-state index in [0.717, 1.165) is 5.56 Å². The molecule has 0 bridgehead atoms. The SMILES string of the molecule is CC.Cc1cc(F)c(C(C)C)cc1Cl. The van der Waals surface area contributed by atoms with Crippen molar-refractivity contribution in [2.45, 2.75) is 40.5 Å². The standard InChI is InChI=1S/C10H12ClF.C2H6/c1-6(2)8-5-9(11)7(3)4-10(8)12;1-2/h4-6H,1-3H3;1-2H3. The molecule has 1 rings (SSSR count). The molecule has 1 aromatic rings. The van der Waals surface area contributed by atoms with E-state index in [4.69, 9.17) is 11.6 Å². The maximum Gasteiger partial charge on any atom is 0.127 e. The Labute approximate surface area is 91.1 Å². The molecule has 80 valence electrons. The predicted octanol–water partition coefficient (Wildman–Crippen LogP) is 4.94. The maximum atomic E-state index is 13.2. The lowest BCUT2D eigenvalue weighted by Crippen LogP contribution is -1.93. The first-order valence-electron chi connectivity index (χ1n) is 4.98. The van der Waals surface area contributed by atoms with Crippen molar-refractivity contribution < 1.29 is 4.39 Å². The molecule has 0 fully saturated rings. The predicted molar refractivity (Wildman–Crippen MR) is 61.6 cm³/mol. The van der Waals surface area contributed by atoms with Gasteiger partial charge < -0.3 is 0 Å². The molecule has 0 aliphatic rings. The molecular weight excluding hydrogens is 199 g/mol. The molecule has 0 nitrogen and oxygen atoms in total. The van der Waals surface area contributed by atoms with Gasteiger partial charge in [0, 0.05) is 5.02 Å². The van der Waals surface area contributed by atoms with Gasteiger partial charge in [0.1, 0.15) is 5.82 Å². The highest BCUT2D eigenvalue weighted by Gasteiger charge is 2.08. The van der Waals surface area contributed by atoms with Crippen LogP contribution in [0.2, 0.25) is 5.02 Å². The van der Waals surface area contributed by atoms with E-state index in [1.165, 1.54) is 6.07 Å². The van der Waals surface area contributed by atoms with E-state index in [1.54, 1.807) is 13.0 Å². The van der Waals surface area contributed by atoms with Crippen LogP contribution in [0.25, 0.3) is 0 Å². The minimum atomic E-state index is -0.160. The van der Waals surface area contributed by atoms with Gasteiger partial charge in [-0.05, 0) is 36.1 Å². The first-order chi connectivity index (χ1) is 6.52. The topological polar surface area (TPSA) is 0 Å². The summed E-state index contributed by atoms with van der Waals surface area (Å²) in [4.78, 5) is 0. The van der Waals surface area contributed by atoms with E-state index in [9.17, 15) is 4.39 Å². The molecule has 0 aliphatic heterocycles.